The van der Waals surface area contributed by atoms with Gasteiger partial charge in [-0.05, 0) is 12.1 Å². The molecule has 3 nitrogen and oxygen atoms in total. The fraction of sp³-hybridized carbons (Fsp3) is 0. The van der Waals surface area contributed by atoms with Gasteiger partial charge in [0.05, 0.1) is 23.6 Å². The highest BCUT2D eigenvalue weighted by molar-refractivity contribution is 5.56. The summed E-state index contributed by atoms with van der Waals surface area (Å²) in [5.41, 5.74) is 5.93. The van der Waals surface area contributed by atoms with Crippen LogP contribution in [0.4, 0.5) is 14.5 Å². The van der Waals surface area contributed by atoms with Gasteiger partial charge in [-0.3, -0.25) is 0 Å². The Morgan fingerprint density at radius 3 is 2.33 bits per heavy atom. The predicted molar refractivity (Wildman–Crippen MR) is 51.8 cm³/mol. The Morgan fingerprint density at radius 2 is 1.73 bits per heavy atom. The van der Waals surface area contributed by atoms with Crippen LogP contribution >= 0.6 is 0 Å². The number of rotatable bonds is 1. The van der Waals surface area contributed by atoms with E-state index >= 15 is 0 Å². The lowest BCUT2D eigenvalue weighted by Gasteiger charge is -2.01. The highest BCUT2D eigenvalue weighted by Gasteiger charge is 2.08. The second-order valence-electron chi connectivity index (χ2n) is 2.96. The third kappa shape index (κ3) is 1.90. The molecule has 1 aromatic carbocycles. The first-order chi connectivity index (χ1) is 7.16. The number of hydrogen-bond donors (Lipinski definition) is 1. The molecule has 0 fully saturated rings. The van der Waals surface area contributed by atoms with Gasteiger partial charge in [-0.1, -0.05) is 0 Å². The third-order valence-corrected chi connectivity index (χ3v) is 1.84. The van der Waals surface area contributed by atoms with Crippen molar-refractivity contribution < 1.29 is 8.78 Å². The molecule has 2 aromatic rings. The molecule has 0 bridgehead atoms. The highest BCUT2D eigenvalue weighted by atomic mass is 19.1. The minimum absolute atomic E-state index is 0.149. The first kappa shape index (κ1) is 9.51. The molecule has 1 heterocycles. The Bertz CT molecular complexity index is 483. The Hall–Kier alpha value is -2.04. The van der Waals surface area contributed by atoms with Crippen LogP contribution < -0.4 is 5.73 Å². The maximum atomic E-state index is 13.3. The number of hydrogen-bond acceptors (Lipinski definition) is 3. The highest BCUT2D eigenvalue weighted by Crippen LogP contribution is 2.19. The Kier molecular flexibility index (Phi) is 2.29. The van der Waals surface area contributed by atoms with Crippen LogP contribution in [0.3, 0.4) is 0 Å². The lowest BCUT2D eigenvalue weighted by atomic mass is 10.2. The number of benzene rings is 1. The second-order valence-corrected chi connectivity index (χ2v) is 2.96. The monoisotopic (exact) mass is 207 g/mol. The molecule has 0 saturated heterocycles. The summed E-state index contributed by atoms with van der Waals surface area (Å²) in [4.78, 5) is 7.68. The lowest BCUT2D eigenvalue weighted by Crippen LogP contribution is -1.94. The second kappa shape index (κ2) is 3.61. The van der Waals surface area contributed by atoms with Crippen LogP contribution in [0.5, 0.6) is 0 Å². The molecule has 0 aliphatic rings. The van der Waals surface area contributed by atoms with Crippen molar-refractivity contribution in [3.63, 3.8) is 0 Å². The third-order valence-electron chi connectivity index (χ3n) is 1.84. The topological polar surface area (TPSA) is 51.8 Å². The van der Waals surface area contributed by atoms with Crippen molar-refractivity contribution in [1.29, 1.82) is 0 Å². The van der Waals surface area contributed by atoms with E-state index in [9.17, 15) is 8.78 Å². The van der Waals surface area contributed by atoms with E-state index in [1.54, 1.807) is 0 Å². The predicted octanol–water partition coefficient (Wildman–Crippen LogP) is 2.00. The first-order valence-corrected chi connectivity index (χ1v) is 4.20. The van der Waals surface area contributed by atoms with Gasteiger partial charge in [0.1, 0.15) is 11.6 Å². The first-order valence-electron chi connectivity index (χ1n) is 4.20. The minimum atomic E-state index is -0.695. The number of nitrogens with zero attached hydrogens (tertiary/aromatic N) is 2. The summed E-state index contributed by atoms with van der Waals surface area (Å²) >= 11 is 0. The molecule has 1 aromatic heterocycles. The molecule has 0 aliphatic carbocycles. The molecule has 0 atom stereocenters. The molecular formula is C10H7F2N3. The molecule has 0 spiro atoms. The van der Waals surface area contributed by atoms with E-state index in [0.717, 1.165) is 12.1 Å². The fourth-order valence-corrected chi connectivity index (χ4v) is 1.15. The maximum absolute atomic E-state index is 13.3. The molecule has 5 heteroatoms. The van der Waals surface area contributed by atoms with Gasteiger partial charge in [0.15, 0.2) is 5.82 Å². The summed E-state index contributed by atoms with van der Waals surface area (Å²) < 4.78 is 25.9. The largest absolute Gasteiger partial charge is 0.396 e. The molecule has 0 unspecified atom stereocenters. The van der Waals surface area contributed by atoms with Crippen molar-refractivity contribution in [2.24, 2.45) is 0 Å². The zero-order valence-corrected chi connectivity index (χ0v) is 7.61. The van der Waals surface area contributed by atoms with E-state index in [2.05, 4.69) is 9.97 Å². The summed E-state index contributed by atoms with van der Waals surface area (Å²) in [6, 6.07) is 3.23. The number of nitrogens with two attached hydrogens (primary N) is 1. The van der Waals surface area contributed by atoms with Crippen LogP contribution in [-0.4, -0.2) is 9.97 Å². The van der Waals surface area contributed by atoms with Crippen LogP contribution in [0, 0.1) is 11.6 Å². The van der Waals surface area contributed by atoms with Crippen LogP contribution in [0.15, 0.2) is 30.6 Å². The van der Waals surface area contributed by atoms with Gasteiger partial charge in [-0.25, -0.2) is 18.7 Å². The van der Waals surface area contributed by atoms with Gasteiger partial charge in [-0.15, -0.1) is 0 Å². The maximum Gasteiger partial charge on any atom is 0.162 e. The van der Waals surface area contributed by atoms with E-state index in [1.807, 2.05) is 0 Å². The van der Waals surface area contributed by atoms with Crippen molar-refractivity contribution in [3.8, 4) is 11.4 Å². The molecule has 0 radical (unpaired) electrons. The summed E-state index contributed by atoms with van der Waals surface area (Å²) in [5, 5.41) is 0. The summed E-state index contributed by atoms with van der Waals surface area (Å²) in [7, 11) is 0. The van der Waals surface area contributed by atoms with Gasteiger partial charge in [0.2, 0.25) is 0 Å². The molecule has 0 saturated carbocycles. The quantitative estimate of drug-likeness (QED) is 0.778. The smallest absolute Gasteiger partial charge is 0.162 e. The van der Waals surface area contributed by atoms with E-state index < -0.39 is 11.6 Å². The Morgan fingerprint density at radius 1 is 1.07 bits per heavy atom. The normalized spacial score (nSPS) is 10.3. The van der Waals surface area contributed by atoms with Crippen molar-refractivity contribution >= 4 is 5.69 Å². The number of aromatic nitrogens is 2. The molecule has 0 amide bonds. The van der Waals surface area contributed by atoms with Crippen molar-refractivity contribution in [3.05, 3.63) is 42.2 Å². The molecule has 76 valence electrons. The van der Waals surface area contributed by atoms with E-state index in [4.69, 9.17) is 5.73 Å². The van der Waals surface area contributed by atoms with Gasteiger partial charge in [-0.2, -0.15) is 0 Å². The minimum Gasteiger partial charge on any atom is -0.396 e. The van der Waals surface area contributed by atoms with Gasteiger partial charge in [0, 0.05) is 6.07 Å². The fourth-order valence-electron chi connectivity index (χ4n) is 1.15. The molecule has 0 aliphatic heterocycles. The summed E-state index contributed by atoms with van der Waals surface area (Å²) in [6.45, 7) is 0. The number of anilines is 1. The molecular weight excluding hydrogens is 200 g/mol. The van der Waals surface area contributed by atoms with Crippen LogP contribution in [0.2, 0.25) is 0 Å². The lowest BCUT2D eigenvalue weighted by molar-refractivity contribution is 0.585. The zero-order valence-electron chi connectivity index (χ0n) is 7.61. The van der Waals surface area contributed by atoms with Gasteiger partial charge < -0.3 is 5.73 Å². The average Bonchev–Trinajstić information content (AvgIpc) is 2.20. The number of nitrogen functional groups attached to an aromatic ring is 1. The van der Waals surface area contributed by atoms with Crippen LogP contribution in [0.25, 0.3) is 11.4 Å². The van der Waals surface area contributed by atoms with E-state index in [0.29, 0.717) is 5.69 Å². The van der Waals surface area contributed by atoms with Crippen LogP contribution in [-0.2, 0) is 0 Å². The van der Waals surface area contributed by atoms with Gasteiger partial charge >= 0.3 is 0 Å². The van der Waals surface area contributed by atoms with E-state index in [-0.39, 0.29) is 11.4 Å². The zero-order chi connectivity index (χ0) is 10.8. The van der Waals surface area contributed by atoms with Crippen molar-refractivity contribution in [2.75, 3.05) is 5.73 Å². The Balaban J connectivity index is 2.49. The molecule has 15 heavy (non-hydrogen) atoms. The Labute approximate surface area is 84.6 Å². The van der Waals surface area contributed by atoms with Gasteiger partial charge in [0.25, 0.3) is 0 Å². The summed E-state index contributed by atoms with van der Waals surface area (Å²) in [5.74, 6) is -1.15. The average molecular weight is 207 g/mol. The van der Waals surface area contributed by atoms with Crippen molar-refractivity contribution in [2.45, 2.75) is 0 Å². The molecule has 2 N–H and O–H groups in total. The summed E-state index contributed by atoms with van der Waals surface area (Å²) in [6.07, 6.45) is 2.73. The van der Waals surface area contributed by atoms with Crippen LogP contribution in [0.1, 0.15) is 0 Å². The number of halogens is 2. The van der Waals surface area contributed by atoms with E-state index in [1.165, 1.54) is 18.5 Å². The SMILES string of the molecule is Nc1cnc(-c2ccc(F)cc2F)nc1. The molecule has 2 rings (SSSR count). The van der Waals surface area contributed by atoms with Crippen molar-refractivity contribution in [1.82, 2.24) is 9.97 Å². The standard InChI is InChI=1S/C10H7F2N3/c11-6-1-2-8(9(12)3-6)10-14-4-7(13)5-15-10/h1-5H,13H2.